The Morgan fingerprint density at radius 1 is 1.17 bits per heavy atom. The Bertz CT molecular complexity index is 942. The van der Waals surface area contributed by atoms with E-state index in [1.807, 2.05) is 12.1 Å². The number of anilines is 1. The summed E-state index contributed by atoms with van der Waals surface area (Å²) in [5, 5.41) is 17.6. The fraction of sp³-hybridized carbons (Fsp3) is 0.300. The van der Waals surface area contributed by atoms with Crippen LogP contribution in [0.3, 0.4) is 0 Å². The summed E-state index contributed by atoms with van der Waals surface area (Å²) in [4.78, 5) is 23.6. The van der Waals surface area contributed by atoms with Crippen molar-refractivity contribution >= 4 is 29.2 Å². The molecular weight excluding hydrogens is 420 g/mol. The molecule has 0 unspecified atom stereocenters. The standard InChI is InChI=1S/C20H20ClF2N3O4/c21-13-2-4-16(30-10-18(27)28)15(6-13)19(20(29)25-9-17(22)23)26-14-3-1-11-7-24-8-12(11)5-14/h1-6,17,19,24,26H,7-10H2,(H,25,29)(H,27,28)/t19-/m0/s1. The number of aliphatic carboxylic acids is 1. The Hall–Kier alpha value is -2.91. The van der Waals surface area contributed by atoms with E-state index in [4.69, 9.17) is 21.4 Å². The summed E-state index contributed by atoms with van der Waals surface area (Å²) >= 11 is 6.08. The summed E-state index contributed by atoms with van der Waals surface area (Å²) in [6.45, 7) is -0.0336. The summed E-state index contributed by atoms with van der Waals surface area (Å²) < 4.78 is 30.6. The SMILES string of the molecule is O=C(O)COc1ccc(Cl)cc1[C@H](Nc1ccc2c(c1)CNC2)C(=O)NCC(F)F. The molecular formula is C20H20ClF2N3O4. The average molecular weight is 440 g/mol. The van der Waals surface area contributed by atoms with Crippen molar-refractivity contribution < 1.29 is 28.2 Å². The van der Waals surface area contributed by atoms with Gasteiger partial charge in [-0.25, -0.2) is 13.6 Å². The molecule has 1 aliphatic heterocycles. The number of halogens is 3. The molecule has 1 amide bonds. The molecule has 30 heavy (non-hydrogen) atoms. The van der Waals surface area contributed by atoms with Crippen LogP contribution in [-0.4, -0.2) is 36.6 Å². The van der Waals surface area contributed by atoms with Crippen LogP contribution < -0.4 is 20.7 Å². The third-order valence-electron chi connectivity index (χ3n) is 4.47. The lowest BCUT2D eigenvalue weighted by atomic mass is 10.0. The van der Waals surface area contributed by atoms with Crippen molar-refractivity contribution in [1.29, 1.82) is 0 Å². The highest BCUT2D eigenvalue weighted by atomic mass is 35.5. The van der Waals surface area contributed by atoms with Gasteiger partial charge < -0.3 is 25.8 Å². The number of carboxylic acid groups (broad SMARTS) is 1. The minimum Gasteiger partial charge on any atom is -0.482 e. The fourth-order valence-electron chi connectivity index (χ4n) is 3.13. The van der Waals surface area contributed by atoms with E-state index in [9.17, 15) is 18.4 Å². The minimum atomic E-state index is -2.72. The Morgan fingerprint density at radius 3 is 2.67 bits per heavy atom. The van der Waals surface area contributed by atoms with Crippen molar-refractivity contribution in [2.24, 2.45) is 0 Å². The quantitative estimate of drug-likeness (QED) is 0.479. The number of carboxylic acids is 1. The lowest BCUT2D eigenvalue weighted by molar-refractivity contribution is -0.139. The number of alkyl halides is 2. The van der Waals surface area contributed by atoms with Crippen LogP contribution in [0.2, 0.25) is 5.02 Å². The van der Waals surface area contributed by atoms with Crippen LogP contribution >= 0.6 is 11.6 Å². The fourth-order valence-corrected chi connectivity index (χ4v) is 3.31. The van der Waals surface area contributed by atoms with Crippen LogP contribution in [0.15, 0.2) is 36.4 Å². The van der Waals surface area contributed by atoms with E-state index >= 15 is 0 Å². The van der Waals surface area contributed by atoms with Crippen LogP contribution in [0.5, 0.6) is 5.75 Å². The van der Waals surface area contributed by atoms with Crippen LogP contribution in [0.1, 0.15) is 22.7 Å². The first-order valence-corrected chi connectivity index (χ1v) is 9.50. The first kappa shape index (κ1) is 21.8. The van der Waals surface area contributed by atoms with E-state index < -0.39 is 37.5 Å². The Labute approximate surface area is 176 Å². The van der Waals surface area contributed by atoms with Gasteiger partial charge in [0.2, 0.25) is 5.91 Å². The molecule has 1 atom stereocenters. The van der Waals surface area contributed by atoms with Gasteiger partial charge in [0.15, 0.2) is 6.61 Å². The van der Waals surface area contributed by atoms with Crippen molar-refractivity contribution in [3.8, 4) is 5.75 Å². The molecule has 0 fully saturated rings. The zero-order valence-corrected chi connectivity index (χ0v) is 16.5. The van der Waals surface area contributed by atoms with Crippen molar-refractivity contribution in [1.82, 2.24) is 10.6 Å². The molecule has 160 valence electrons. The number of ether oxygens (including phenoxy) is 1. The Morgan fingerprint density at radius 2 is 1.93 bits per heavy atom. The molecule has 0 spiro atoms. The molecule has 3 rings (SSSR count). The topological polar surface area (TPSA) is 99.7 Å². The van der Waals surface area contributed by atoms with E-state index in [2.05, 4.69) is 16.0 Å². The predicted octanol–water partition coefficient (Wildman–Crippen LogP) is 2.94. The number of rotatable bonds is 9. The highest BCUT2D eigenvalue weighted by Crippen LogP contribution is 2.32. The summed E-state index contributed by atoms with van der Waals surface area (Å²) in [5.41, 5.74) is 3.01. The number of carbonyl (C=O) groups excluding carboxylic acids is 1. The van der Waals surface area contributed by atoms with Gasteiger partial charge >= 0.3 is 5.97 Å². The molecule has 0 bridgehead atoms. The van der Waals surface area contributed by atoms with E-state index in [0.29, 0.717) is 12.2 Å². The molecule has 7 nitrogen and oxygen atoms in total. The highest BCUT2D eigenvalue weighted by molar-refractivity contribution is 6.30. The maximum Gasteiger partial charge on any atom is 0.341 e. The zero-order valence-electron chi connectivity index (χ0n) is 15.8. The third kappa shape index (κ3) is 5.58. The molecule has 2 aromatic carbocycles. The van der Waals surface area contributed by atoms with Gasteiger partial charge in [0.05, 0.1) is 6.54 Å². The van der Waals surface area contributed by atoms with Gasteiger partial charge in [-0.3, -0.25) is 4.79 Å². The van der Waals surface area contributed by atoms with Gasteiger partial charge in [-0.1, -0.05) is 17.7 Å². The van der Waals surface area contributed by atoms with Gasteiger partial charge in [0.1, 0.15) is 11.8 Å². The average Bonchev–Trinajstić information content (AvgIpc) is 3.17. The van der Waals surface area contributed by atoms with Crippen LogP contribution in [-0.2, 0) is 22.7 Å². The maximum absolute atomic E-state index is 12.8. The first-order chi connectivity index (χ1) is 14.3. The lowest BCUT2D eigenvalue weighted by Gasteiger charge is -2.23. The number of hydrogen-bond donors (Lipinski definition) is 4. The van der Waals surface area contributed by atoms with Crippen LogP contribution in [0.25, 0.3) is 0 Å². The van der Waals surface area contributed by atoms with Gasteiger partial charge in [-0.05, 0) is 41.5 Å². The lowest BCUT2D eigenvalue weighted by Crippen LogP contribution is -2.36. The van der Waals surface area contributed by atoms with Crippen molar-refractivity contribution in [3.05, 3.63) is 58.1 Å². The molecule has 1 heterocycles. The maximum atomic E-state index is 12.8. The van der Waals surface area contributed by atoms with E-state index in [1.165, 1.54) is 18.2 Å². The van der Waals surface area contributed by atoms with Crippen molar-refractivity contribution in [2.45, 2.75) is 25.6 Å². The molecule has 0 radical (unpaired) electrons. The van der Waals surface area contributed by atoms with Crippen molar-refractivity contribution in [2.75, 3.05) is 18.5 Å². The zero-order chi connectivity index (χ0) is 21.7. The van der Waals surface area contributed by atoms with Gasteiger partial charge in [-0.15, -0.1) is 0 Å². The van der Waals surface area contributed by atoms with E-state index in [1.54, 1.807) is 6.07 Å². The number of hydrogen-bond acceptors (Lipinski definition) is 5. The summed E-state index contributed by atoms with van der Waals surface area (Å²) in [6.07, 6.45) is -2.72. The summed E-state index contributed by atoms with van der Waals surface area (Å²) in [5.74, 6) is -1.82. The highest BCUT2D eigenvalue weighted by Gasteiger charge is 2.26. The second kappa shape index (κ2) is 9.73. The summed E-state index contributed by atoms with van der Waals surface area (Å²) in [7, 11) is 0. The molecule has 0 saturated heterocycles. The Kier molecular flexibility index (Phi) is 7.07. The van der Waals surface area contributed by atoms with E-state index in [0.717, 1.165) is 17.7 Å². The Balaban J connectivity index is 1.94. The van der Waals surface area contributed by atoms with E-state index in [-0.39, 0.29) is 16.3 Å². The second-order valence-electron chi connectivity index (χ2n) is 6.67. The molecule has 0 aromatic heterocycles. The third-order valence-corrected chi connectivity index (χ3v) is 4.71. The van der Waals surface area contributed by atoms with Gasteiger partial charge in [-0.2, -0.15) is 0 Å². The molecule has 2 aromatic rings. The number of nitrogens with one attached hydrogen (secondary N) is 3. The normalized spacial score (nSPS) is 13.6. The van der Waals surface area contributed by atoms with Crippen LogP contribution in [0.4, 0.5) is 14.5 Å². The predicted molar refractivity (Wildman–Crippen MR) is 107 cm³/mol. The first-order valence-electron chi connectivity index (χ1n) is 9.12. The molecule has 4 N–H and O–H groups in total. The van der Waals surface area contributed by atoms with Crippen LogP contribution in [0, 0.1) is 0 Å². The van der Waals surface area contributed by atoms with Gasteiger partial charge in [0, 0.05) is 29.4 Å². The summed E-state index contributed by atoms with van der Waals surface area (Å²) in [6, 6.07) is 8.77. The molecule has 10 heteroatoms. The van der Waals surface area contributed by atoms with Crippen molar-refractivity contribution in [3.63, 3.8) is 0 Å². The van der Waals surface area contributed by atoms with Gasteiger partial charge in [0.25, 0.3) is 6.43 Å². The number of fused-ring (bicyclic) bond motifs is 1. The molecule has 1 aliphatic rings. The smallest absolute Gasteiger partial charge is 0.341 e. The monoisotopic (exact) mass is 439 g/mol. The second-order valence-corrected chi connectivity index (χ2v) is 7.10. The largest absolute Gasteiger partial charge is 0.482 e. The number of carbonyl (C=O) groups is 2. The number of benzene rings is 2. The molecule has 0 saturated carbocycles. The minimum absolute atomic E-state index is 0.106. The number of amides is 1. The molecule has 0 aliphatic carbocycles.